The number of esters is 1. The molecule has 0 N–H and O–H groups in total. The summed E-state index contributed by atoms with van der Waals surface area (Å²) in [5.74, 6) is -0.415. The second-order valence-electron chi connectivity index (χ2n) is 5.07. The van der Waals surface area contributed by atoms with Gasteiger partial charge in [-0.3, -0.25) is 4.79 Å². The minimum Gasteiger partial charge on any atom is -0.462 e. The van der Waals surface area contributed by atoms with Crippen LogP contribution in [0.25, 0.3) is 0 Å². The van der Waals surface area contributed by atoms with Gasteiger partial charge in [-0.2, -0.15) is 0 Å². The molecule has 2 aromatic rings. The maximum atomic E-state index is 11.7. The van der Waals surface area contributed by atoms with Gasteiger partial charge in [-0.1, -0.05) is 24.3 Å². The molecule has 0 aliphatic rings. The normalized spacial score (nSPS) is 10.5. The van der Waals surface area contributed by atoms with Crippen molar-refractivity contribution >= 4 is 11.8 Å². The first-order valence-electron chi connectivity index (χ1n) is 7.20. The highest BCUT2D eigenvalue weighted by atomic mass is 16.5. The Balaban J connectivity index is 2.08. The predicted molar refractivity (Wildman–Crippen MR) is 80.9 cm³/mol. The fraction of sp³-hybridized carbons (Fsp3) is 0.375. The molecule has 0 saturated heterocycles. The van der Waals surface area contributed by atoms with Gasteiger partial charge in [-0.25, -0.2) is 9.48 Å². The van der Waals surface area contributed by atoms with Crippen LogP contribution in [0.3, 0.4) is 0 Å². The van der Waals surface area contributed by atoms with E-state index < -0.39 is 0 Å². The van der Waals surface area contributed by atoms with Gasteiger partial charge in [0.25, 0.3) is 0 Å². The first-order valence-corrected chi connectivity index (χ1v) is 7.20. The first kappa shape index (κ1) is 15.9. The molecule has 0 saturated carbocycles. The quantitative estimate of drug-likeness (QED) is 0.605. The average molecular weight is 301 g/mol. The van der Waals surface area contributed by atoms with Crippen molar-refractivity contribution in [2.45, 2.75) is 33.7 Å². The molecule has 22 heavy (non-hydrogen) atoms. The van der Waals surface area contributed by atoms with E-state index in [4.69, 9.17) is 4.74 Å². The van der Waals surface area contributed by atoms with E-state index in [0.717, 1.165) is 17.7 Å². The number of carbonyl (C=O) groups excluding carboxylic acids is 2. The van der Waals surface area contributed by atoms with Crippen LogP contribution in [0.5, 0.6) is 0 Å². The maximum Gasteiger partial charge on any atom is 0.338 e. The van der Waals surface area contributed by atoms with Crippen LogP contribution in [0.4, 0.5) is 0 Å². The maximum absolute atomic E-state index is 11.7. The summed E-state index contributed by atoms with van der Waals surface area (Å²) in [6, 6.07) is 7.14. The molecule has 1 aromatic carbocycles. The summed E-state index contributed by atoms with van der Waals surface area (Å²) < 4.78 is 6.75. The summed E-state index contributed by atoms with van der Waals surface area (Å²) in [5.41, 5.74) is 2.62. The third kappa shape index (κ3) is 3.58. The van der Waals surface area contributed by atoms with Gasteiger partial charge in [-0.05, 0) is 31.0 Å². The molecular weight excluding hydrogens is 282 g/mol. The zero-order chi connectivity index (χ0) is 16.1. The van der Waals surface area contributed by atoms with Crippen LogP contribution in [-0.2, 0) is 11.3 Å². The van der Waals surface area contributed by atoms with Crippen LogP contribution >= 0.6 is 0 Å². The molecule has 0 radical (unpaired) electrons. The largest absolute Gasteiger partial charge is 0.462 e. The van der Waals surface area contributed by atoms with Crippen molar-refractivity contribution in [2.75, 3.05) is 6.61 Å². The lowest BCUT2D eigenvalue weighted by Crippen LogP contribution is -2.07. The van der Waals surface area contributed by atoms with Gasteiger partial charge >= 0.3 is 5.97 Å². The van der Waals surface area contributed by atoms with Crippen molar-refractivity contribution in [3.63, 3.8) is 0 Å². The second kappa shape index (κ2) is 6.98. The number of aromatic nitrogens is 3. The molecule has 2 rings (SSSR count). The highest BCUT2D eigenvalue weighted by Gasteiger charge is 2.13. The Morgan fingerprint density at radius 3 is 2.45 bits per heavy atom. The van der Waals surface area contributed by atoms with Crippen molar-refractivity contribution in [3.8, 4) is 0 Å². The van der Waals surface area contributed by atoms with Crippen LogP contribution in [-0.4, -0.2) is 33.4 Å². The molecule has 116 valence electrons. The lowest BCUT2D eigenvalue weighted by atomic mass is 10.1. The van der Waals surface area contributed by atoms with Gasteiger partial charge in [0, 0.05) is 6.92 Å². The lowest BCUT2D eigenvalue weighted by molar-refractivity contribution is 0.0505. The van der Waals surface area contributed by atoms with Crippen LogP contribution in [0.2, 0.25) is 0 Å². The minimum atomic E-state index is -0.316. The molecule has 0 aliphatic heterocycles. The van der Waals surface area contributed by atoms with E-state index in [2.05, 4.69) is 10.3 Å². The van der Waals surface area contributed by atoms with Gasteiger partial charge in [0.2, 0.25) is 0 Å². The Morgan fingerprint density at radius 1 is 1.23 bits per heavy atom. The fourth-order valence-electron chi connectivity index (χ4n) is 2.03. The van der Waals surface area contributed by atoms with Crippen molar-refractivity contribution in [1.82, 2.24) is 15.0 Å². The number of hydrogen-bond donors (Lipinski definition) is 0. The molecule has 0 aliphatic carbocycles. The van der Waals surface area contributed by atoms with Crippen molar-refractivity contribution in [3.05, 3.63) is 46.8 Å². The van der Waals surface area contributed by atoms with Crippen molar-refractivity contribution < 1.29 is 14.3 Å². The smallest absolute Gasteiger partial charge is 0.338 e. The lowest BCUT2D eigenvalue weighted by Gasteiger charge is -2.06. The standard InChI is InChI=1S/C16H19N3O3/c1-4-9-22-16(21)14-7-5-13(6-8-14)10-19-11(2)15(12(3)20)17-18-19/h5-8H,4,9-10H2,1-3H3. The molecule has 1 aromatic heterocycles. The van der Waals surface area contributed by atoms with Gasteiger partial charge in [-0.15, -0.1) is 5.10 Å². The van der Waals surface area contributed by atoms with E-state index in [0.29, 0.717) is 24.4 Å². The Bertz CT molecular complexity index is 674. The van der Waals surface area contributed by atoms with Gasteiger partial charge in [0.05, 0.1) is 24.4 Å². The van der Waals surface area contributed by atoms with Gasteiger partial charge in [0.15, 0.2) is 11.5 Å². The molecule has 0 bridgehead atoms. The van der Waals surface area contributed by atoms with Crippen molar-refractivity contribution in [1.29, 1.82) is 0 Å². The predicted octanol–water partition coefficient (Wildman–Crippen LogP) is 2.40. The van der Waals surface area contributed by atoms with Crippen LogP contribution in [0.1, 0.15) is 52.4 Å². The molecular formula is C16H19N3O3. The first-order chi connectivity index (χ1) is 10.5. The van der Waals surface area contributed by atoms with E-state index in [1.165, 1.54) is 6.92 Å². The van der Waals surface area contributed by atoms with Crippen LogP contribution in [0, 0.1) is 6.92 Å². The SMILES string of the molecule is CCCOC(=O)c1ccc(Cn2nnc(C(C)=O)c2C)cc1. The monoisotopic (exact) mass is 301 g/mol. The number of carbonyl (C=O) groups is 2. The summed E-state index contributed by atoms with van der Waals surface area (Å²) in [7, 11) is 0. The highest BCUT2D eigenvalue weighted by molar-refractivity contribution is 5.93. The van der Waals surface area contributed by atoms with E-state index in [-0.39, 0.29) is 11.8 Å². The van der Waals surface area contributed by atoms with E-state index in [9.17, 15) is 9.59 Å². The summed E-state index contributed by atoms with van der Waals surface area (Å²) in [5, 5.41) is 7.86. The number of rotatable bonds is 6. The van der Waals surface area contributed by atoms with E-state index in [1.54, 1.807) is 16.8 Å². The number of hydrogen-bond acceptors (Lipinski definition) is 5. The van der Waals surface area contributed by atoms with Gasteiger partial charge in [0.1, 0.15) is 0 Å². The van der Waals surface area contributed by atoms with Crippen LogP contribution < -0.4 is 0 Å². The van der Waals surface area contributed by atoms with E-state index >= 15 is 0 Å². The second-order valence-corrected chi connectivity index (χ2v) is 5.07. The third-order valence-electron chi connectivity index (χ3n) is 3.28. The topological polar surface area (TPSA) is 74.1 Å². The molecule has 0 spiro atoms. The Morgan fingerprint density at radius 2 is 1.91 bits per heavy atom. The van der Waals surface area contributed by atoms with Crippen LogP contribution in [0.15, 0.2) is 24.3 Å². The zero-order valence-electron chi connectivity index (χ0n) is 13.0. The van der Waals surface area contributed by atoms with E-state index in [1.807, 2.05) is 26.0 Å². The summed E-state index contributed by atoms with van der Waals surface area (Å²) in [6.45, 7) is 6.15. The summed E-state index contributed by atoms with van der Waals surface area (Å²) in [4.78, 5) is 23.1. The Hall–Kier alpha value is -2.50. The summed E-state index contributed by atoms with van der Waals surface area (Å²) in [6.07, 6.45) is 0.799. The summed E-state index contributed by atoms with van der Waals surface area (Å²) >= 11 is 0. The fourth-order valence-corrected chi connectivity index (χ4v) is 2.03. The minimum absolute atomic E-state index is 0.0993. The number of ether oxygens (including phenoxy) is 1. The average Bonchev–Trinajstić information content (AvgIpc) is 2.87. The molecule has 6 heteroatoms. The molecule has 1 heterocycles. The molecule has 0 unspecified atom stereocenters. The number of Topliss-reactive ketones (excluding diaryl/α,β-unsaturated/α-hetero) is 1. The number of ketones is 1. The molecule has 6 nitrogen and oxygen atoms in total. The van der Waals surface area contributed by atoms with Gasteiger partial charge < -0.3 is 4.74 Å². The highest BCUT2D eigenvalue weighted by Crippen LogP contribution is 2.10. The Labute approximate surface area is 129 Å². The third-order valence-corrected chi connectivity index (χ3v) is 3.28. The van der Waals surface area contributed by atoms with Crippen molar-refractivity contribution in [2.24, 2.45) is 0 Å². The molecule has 0 amide bonds. The number of nitrogens with zero attached hydrogens (tertiary/aromatic N) is 3. The molecule has 0 atom stereocenters. The number of benzene rings is 1. The zero-order valence-corrected chi connectivity index (χ0v) is 13.0. The Kier molecular flexibility index (Phi) is 5.04. The molecule has 0 fully saturated rings.